The highest BCUT2D eigenvalue weighted by Gasteiger charge is 2.41. The summed E-state index contributed by atoms with van der Waals surface area (Å²) in [5.41, 5.74) is -0.720. The van der Waals surface area contributed by atoms with Crippen LogP contribution in [0.5, 0.6) is 0 Å². The van der Waals surface area contributed by atoms with Crippen molar-refractivity contribution in [3.05, 3.63) is 71.5 Å². The highest BCUT2D eigenvalue weighted by molar-refractivity contribution is 6.04. The van der Waals surface area contributed by atoms with Crippen molar-refractivity contribution in [1.82, 2.24) is 9.78 Å². The van der Waals surface area contributed by atoms with E-state index in [1.54, 1.807) is 12.1 Å². The minimum absolute atomic E-state index is 0.0375. The maximum Gasteiger partial charge on any atom is 0.434 e. The van der Waals surface area contributed by atoms with Crippen molar-refractivity contribution in [1.29, 1.82) is 0 Å². The van der Waals surface area contributed by atoms with Gasteiger partial charge in [0.05, 0.1) is 18.5 Å². The second-order valence-electron chi connectivity index (χ2n) is 6.80. The zero-order valence-corrected chi connectivity index (χ0v) is 17.6. The summed E-state index contributed by atoms with van der Waals surface area (Å²) in [4.78, 5) is 35.4. The van der Waals surface area contributed by atoms with Gasteiger partial charge in [0, 0.05) is 23.9 Å². The molecule has 0 saturated carbocycles. The number of nitrogens with zero attached hydrogens (tertiary/aromatic N) is 2. The van der Waals surface area contributed by atoms with Gasteiger partial charge in [0.15, 0.2) is 5.69 Å². The molecule has 0 aliphatic carbocycles. The predicted octanol–water partition coefficient (Wildman–Crippen LogP) is 4.28. The Hall–Kier alpha value is -4.15. The van der Waals surface area contributed by atoms with Gasteiger partial charge in [-0.05, 0) is 55.5 Å². The molecule has 0 aliphatic rings. The van der Waals surface area contributed by atoms with Crippen LogP contribution in [0.1, 0.15) is 40.3 Å². The standard InChI is InChI=1S/C22H19F3N4O4/c1-3-33-21(32)18-12-26-29(19(18)22(23,24)25)17-10-8-16(9-11-17)28-20(31)14-4-6-15(7-5-14)27-13(2)30/h4-12H,3H2,1-2H3,(H,27,30)(H,28,31). The van der Waals surface area contributed by atoms with Crippen LogP contribution in [0.3, 0.4) is 0 Å². The third-order valence-electron chi connectivity index (χ3n) is 4.37. The Morgan fingerprint density at radius 2 is 1.55 bits per heavy atom. The first-order valence-corrected chi connectivity index (χ1v) is 9.72. The summed E-state index contributed by atoms with van der Waals surface area (Å²) in [6, 6.07) is 11.6. The lowest BCUT2D eigenvalue weighted by atomic mass is 10.2. The average Bonchev–Trinajstić information content (AvgIpc) is 3.20. The lowest BCUT2D eigenvalue weighted by molar-refractivity contribution is -0.143. The van der Waals surface area contributed by atoms with Gasteiger partial charge in [0.1, 0.15) is 5.56 Å². The molecule has 1 aromatic heterocycles. The average molecular weight is 460 g/mol. The molecule has 0 bridgehead atoms. The first-order chi connectivity index (χ1) is 15.6. The second-order valence-corrected chi connectivity index (χ2v) is 6.80. The van der Waals surface area contributed by atoms with E-state index in [-0.39, 0.29) is 18.2 Å². The molecule has 0 radical (unpaired) electrons. The van der Waals surface area contributed by atoms with E-state index in [0.717, 1.165) is 6.20 Å². The molecule has 3 aromatic rings. The highest BCUT2D eigenvalue weighted by Crippen LogP contribution is 2.34. The van der Waals surface area contributed by atoms with Gasteiger partial charge in [0.2, 0.25) is 5.91 Å². The molecule has 2 amide bonds. The SMILES string of the molecule is CCOC(=O)c1cnn(-c2ccc(NC(=O)c3ccc(NC(C)=O)cc3)cc2)c1C(F)(F)F. The van der Waals surface area contributed by atoms with Crippen LogP contribution in [-0.4, -0.2) is 34.2 Å². The first-order valence-electron chi connectivity index (χ1n) is 9.72. The molecule has 0 saturated heterocycles. The van der Waals surface area contributed by atoms with E-state index in [9.17, 15) is 27.6 Å². The van der Waals surface area contributed by atoms with Gasteiger partial charge in [-0.2, -0.15) is 18.3 Å². The summed E-state index contributed by atoms with van der Waals surface area (Å²) in [7, 11) is 0. The van der Waals surface area contributed by atoms with E-state index in [1.165, 1.54) is 50.2 Å². The Balaban J connectivity index is 1.80. The second kappa shape index (κ2) is 9.55. The number of hydrogen-bond acceptors (Lipinski definition) is 5. The van der Waals surface area contributed by atoms with Crippen molar-refractivity contribution >= 4 is 29.2 Å². The van der Waals surface area contributed by atoms with E-state index in [1.807, 2.05) is 0 Å². The molecule has 8 nitrogen and oxygen atoms in total. The van der Waals surface area contributed by atoms with Gasteiger partial charge < -0.3 is 15.4 Å². The molecule has 0 fully saturated rings. The largest absolute Gasteiger partial charge is 0.462 e. The molecule has 0 unspecified atom stereocenters. The van der Waals surface area contributed by atoms with Gasteiger partial charge in [0.25, 0.3) is 5.91 Å². The summed E-state index contributed by atoms with van der Waals surface area (Å²) >= 11 is 0. The molecule has 3 rings (SSSR count). The molecule has 33 heavy (non-hydrogen) atoms. The number of esters is 1. The fourth-order valence-electron chi connectivity index (χ4n) is 2.97. The number of benzene rings is 2. The number of nitrogens with one attached hydrogen (secondary N) is 2. The lowest BCUT2D eigenvalue weighted by Crippen LogP contribution is -2.18. The molecule has 2 aromatic carbocycles. The van der Waals surface area contributed by atoms with Crippen molar-refractivity contribution in [3.63, 3.8) is 0 Å². The third kappa shape index (κ3) is 5.56. The Bertz CT molecular complexity index is 1170. The van der Waals surface area contributed by atoms with Gasteiger partial charge in [-0.15, -0.1) is 0 Å². The third-order valence-corrected chi connectivity index (χ3v) is 4.37. The number of hydrogen-bond donors (Lipinski definition) is 2. The number of alkyl halides is 3. The number of carbonyl (C=O) groups is 3. The van der Waals surface area contributed by atoms with E-state index in [2.05, 4.69) is 20.5 Å². The van der Waals surface area contributed by atoms with Gasteiger partial charge in [-0.25, -0.2) is 9.48 Å². The van der Waals surface area contributed by atoms with Crippen molar-refractivity contribution in [2.24, 2.45) is 0 Å². The van der Waals surface area contributed by atoms with Crippen LogP contribution in [0.2, 0.25) is 0 Å². The van der Waals surface area contributed by atoms with Crippen LogP contribution in [0.25, 0.3) is 5.69 Å². The van der Waals surface area contributed by atoms with E-state index in [4.69, 9.17) is 0 Å². The molecular weight excluding hydrogens is 441 g/mol. The number of halogens is 3. The summed E-state index contributed by atoms with van der Waals surface area (Å²) in [6.07, 6.45) is -4.05. The Kier molecular flexibility index (Phi) is 6.80. The van der Waals surface area contributed by atoms with E-state index in [0.29, 0.717) is 21.6 Å². The van der Waals surface area contributed by atoms with E-state index < -0.39 is 29.3 Å². The zero-order chi connectivity index (χ0) is 24.2. The lowest BCUT2D eigenvalue weighted by Gasteiger charge is -2.13. The number of anilines is 2. The quantitative estimate of drug-likeness (QED) is 0.535. The Morgan fingerprint density at radius 3 is 2.09 bits per heavy atom. The van der Waals surface area contributed by atoms with Crippen LogP contribution in [0.4, 0.5) is 24.5 Å². The zero-order valence-electron chi connectivity index (χ0n) is 17.6. The molecule has 1 heterocycles. The number of amides is 2. The Labute approximate surface area is 186 Å². The molecule has 11 heteroatoms. The smallest absolute Gasteiger partial charge is 0.434 e. The predicted molar refractivity (Wildman–Crippen MR) is 113 cm³/mol. The maximum absolute atomic E-state index is 13.6. The number of carbonyl (C=O) groups excluding carboxylic acids is 3. The van der Waals surface area contributed by atoms with Gasteiger partial charge in [-0.3, -0.25) is 9.59 Å². The monoisotopic (exact) mass is 460 g/mol. The number of aromatic nitrogens is 2. The minimum atomic E-state index is -4.85. The van der Waals surface area contributed by atoms with Crippen LogP contribution >= 0.6 is 0 Å². The van der Waals surface area contributed by atoms with Gasteiger partial charge >= 0.3 is 12.1 Å². The molecule has 0 aliphatic heterocycles. The minimum Gasteiger partial charge on any atom is -0.462 e. The molecule has 0 atom stereocenters. The van der Waals surface area contributed by atoms with E-state index >= 15 is 0 Å². The fraction of sp³-hybridized carbons (Fsp3) is 0.182. The maximum atomic E-state index is 13.6. The Morgan fingerprint density at radius 1 is 0.970 bits per heavy atom. The fourth-order valence-corrected chi connectivity index (χ4v) is 2.97. The topological polar surface area (TPSA) is 102 Å². The number of ether oxygens (including phenoxy) is 1. The summed E-state index contributed by atoms with van der Waals surface area (Å²) in [5, 5.41) is 8.92. The van der Waals surface area contributed by atoms with Crippen molar-refractivity contribution < 1.29 is 32.3 Å². The van der Waals surface area contributed by atoms with Crippen molar-refractivity contribution in [2.75, 3.05) is 17.2 Å². The van der Waals surface area contributed by atoms with Gasteiger partial charge in [-0.1, -0.05) is 0 Å². The normalized spacial score (nSPS) is 11.1. The molecular formula is C22H19F3N4O4. The highest BCUT2D eigenvalue weighted by atomic mass is 19.4. The molecule has 172 valence electrons. The molecule has 2 N–H and O–H groups in total. The summed E-state index contributed by atoms with van der Waals surface area (Å²) in [5.74, 6) is -1.81. The van der Waals surface area contributed by atoms with Crippen molar-refractivity contribution in [3.8, 4) is 5.69 Å². The van der Waals surface area contributed by atoms with Crippen LogP contribution in [-0.2, 0) is 15.7 Å². The first kappa shape index (κ1) is 23.5. The summed E-state index contributed by atoms with van der Waals surface area (Å²) in [6.45, 7) is 2.77. The van der Waals surface area contributed by atoms with Crippen molar-refractivity contribution in [2.45, 2.75) is 20.0 Å². The number of rotatable bonds is 6. The van der Waals surface area contributed by atoms with Crippen LogP contribution in [0, 0.1) is 0 Å². The van der Waals surface area contributed by atoms with Crippen LogP contribution < -0.4 is 10.6 Å². The molecule has 0 spiro atoms. The van der Waals surface area contributed by atoms with Crippen LogP contribution in [0.15, 0.2) is 54.7 Å². The summed E-state index contributed by atoms with van der Waals surface area (Å²) < 4.78 is 46.1.